The standard InChI is InChI=1S/C10H10N4O3/c1-6-7(3-2-4-8(6)14(15)16)10-12-9(5-11)13-17-10/h2-4H,5,11H2,1H3. The van der Waals surface area contributed by atoms with Crippen LogP contribution >= 0.6 is 0 Å². The molecule has 0 amide bonds. The third-order valence-corrected chi connectivity index (χ3v) is 2.38. The summed E-state index contributed by atoms with van der Waals surface area (Å²) in [6.07, 6.45) is 0. The molecular weight excluding hydrogens is 224 g/mol. The fourth-order valence-electron chi connectivity index (χ4n) is 1.50. The van der Waals surface area contributed by atoms with Gasteiger partial charge < -0.3 is 10.3 Å². The van der Waals surface area contributed by atoms with E-state index < -0.39 is 4.92 Å². The summed E-state index contributed by atoms with van der Waals surface area (Å²) in [6, 6.07) is 4.70. The maximum atomic E-state index is 10.8. The van der Waals surface area contributed by atoms with E-state index in [1.165, 1.54) is 6.07 Å². The minimum absolute atomic E-state index is 0.0231. The fourth-order valence-corrected chi connectivity index (χ4v) is 1.50. The van der Waals surface area contributed by atoms with Gasteiger partial charge in [0.15, 0.2) is 5.82 Å². The molecule has 0 aliphatic heterocycles. The lowest BCUT2D eigenvalue weighted by Crippen LogP contribution is -1.98. The van der Waals surface area contributed by atoms with Crippen molar-refractivity contribution in [1.82, 2.24) is 10.1 Å². The number of nitrogens with two attached hydrogens (primary N) is 1. The zero-order chi connectivity index (χ0) is 12.4. The zero-order valence-corrected chi connectivity index (χ0v) is 9.08. The second-order valence-electron chi connectivity index (χ2n) is 3.43. The summed E-state index contributed by atoms with van der Waals surface area (Å²) in [7, 11) is 0. The van der Waals surface area contributed by atoms with Crippen molar-refractivity contribution in [3.63, 3.8) is 0 Å². The number of aromatic nitrogens is 2. The first kappa shape index (κ1) is 11.2. The van der Waals surface area contributed by atoms with E-state index in [0.29, 0.717) is 17.0 Å². The van der Waals surface area contributed by atoms with Crippen LogP contribution < -0.4 is 5.73 Å². The summed E-state index contributed by atoms with van der Waals surface area (Å²) in [5.74, 6) is 0.609. The van der Waals surface area contributed by atoms with Crippen LogP contribution in [0.3, 0.4) is 0 Å². The predicted molar refractivity (Wildman–Crippen MR) is 59.0 cm³/mol. The summed E-state index contributed by atoms with van der Waals surface area (Å²) in [5.41, 5.74) is 6.43. The smallest absolute Gasteiger partial charge is 0.273 e. The van der Waals surface area contributed by atoms with Crippen molar-refractivity contribution >= 4 is 5.69 Å². The molecule has 2 rings (SSSR count). The van der Waals surface area contributed by atoms with Gasteiger partial charge in [-0.3, -0.25) is 10.1 Å². The van der Waals surface area contributed by atoms with Crippen molar-refractivity contribution in [3.8, 4) is 11.5 Å². The average Bonchev–Trinajstić information content (AvgIpc) is 2.77. The molecule has 0 bridgehead atoms. The van der Waals surface area contributed by atoms with Gasteiger partial charge in [-0.05, 0) is 13.0 Å². The molecule has 1 aromatic carbocycles. The Balaban J connectivity index is 2.52. The second-order valence-corrected chi connectivity index (χ2v) is 3.43. The summed E-state index contributed by atoms with van der Waals surface area (Å²) >= 11 is 0. The van der Waals surface area contributed by atoms with E-state index in [4.69, 9.17) is 10.3 Å². The Labute approximate surface area is 96.4 Å². The molecular formula is C10H10N4O3. The van der Waals surface area contributed by atoms with Crippen LogP contribution in [0.5, 0.6) is 0 Å². The summed E-state index contributed by atoms with van der Waals surface area (Å²) in [5, 5.41) is 14.4. The van der Waals surface area contributed by atoms with Gasteiger partial charge in [-0.25, -0.2) is 0 Å². The molecule has 0 unspecified atom stereocenters. The number of benzene rings is 1. The van der Waals surface area contributed by atoms with Crippen molar-refractivity contribution in [2.45, 2.75) is 13.5 Å². The topological polar surface area (TPSA) is 108 Å². The Morgan fingerprint density at radius 2 is 2.29 bits per heavy atom. The zero-order valence-electron chi connectivity index (χ0n) is 9.08. The monoisotopic (exact) mass is 234 g/mol. The van der Waals surface area contributed by atoms with Gasteiger partial charge in [-0.1, -0.05) is 11.2 Å². The number of hydrogen-bond acceptors (Lipinski definition) is 6. The van der Waals surface area contributed by atoms with Gasteiger partial charge in [0, 0.05) is 17.2 Å². The van der Waals surface area contributed by atoms with Crippen LogP contribution in [0.15, 0.2) is 22.7 Å². The molecule has 0 radical (unpaired) electrons. The second kappa shape index (κ2) is 4.30. The molecule has 0 atom stereocenters. The van der Waals surface area contributed by atoms with Gasteiger partial charge >= 0.3 is 0 Å². The molecule has 2 aromatic rings. The van der Waals surface area contributed by atoms with E-state index >= 15 is 0 Å². The highest BCUT2D eigenvalue weighted by molar-refractivity contribution is 5.64. The number of nitro groups is 1. The molecule has 0 aliphatic rings. The minimum atomic E-state index is -0.445. The maximum absolute atomic E-state index is 10.8. The molecule has 1 heterocycles. The Bertz CT molecular complexity index is 564. The van der Waals surface area contributed by atoms with Gasteiger partial charge in [0.25, 0.3) is 11.6 Å². The Morgan fingerprint density at radius 1 is 1.53 bits per heavy atom. The van der Waals surface area contributed by atoms with Gasteiger partial charge in [-0.15, -0.1) is 0 Å². The lowest BCUT2D eigenvalue weighted by Gasteiger charge is -2.00. The minimum Gasteiger partial charge on any atom is -0.334 e. The lowest BCUT2D eigenvalue weighted by atomic mass is 10.1. The molecule has 0 saturated heterocycles. The lowest BCUT2D eigenvalue weighted by molar-refractivity contribution is -0.385. The van der Waals surface area contributed by atoms with Crippen LogP contribution in [0.4, 0.5) is 5.69 Å². The molecule has 0 aliphatic carbocycles. The molecule has 2 N–H and O–H groups in total. The van der Waals surface area contributed by atoms with E-state index in [2.05, 4.69) is 10.1 Å². The SMILES string of the molecule is Cc1c(-c2nc(CN)no2)cccc1[N+](=O)[O-]. The molecule has 0 fully saturated rings. The van der Waals surface area contributed by atoms with Crippen molar-refractivity contribution in [3.05, 3.63) is 39.7 Å². The molecule has 0 saturated carbocycles. The number of rotatable bonds is 3. The third-order valence-electron chi connectivity index (χ3n) is 2.38. The molecule has 7 heteroatoms. The molecule has 1 aromatic heterocycles. The van der Waals surface area contributed by atoms with Crippen LogP contribution in [-0.2, 0) is 6.54 Å². The highest BCUT2D eigenvalue weighted by Gasteiger charge is 2.17. The van der Waals surface area contributed by atoms with E-state index in [-0.39, 0.29) is 18.1 Å². The highest BCUT2D eigenvalue weighted by Crippen LogP contribution is 2.28. The first-order valence-electron chi connectivity index (χ1n) is 4.90. The quantitative estimate of drug-likeness (QED) is 0.635. The average molecular weight is 234 g/mol. The Kier molecular flexibility index (Phi) is 2.84. The van der Waals surface area contributed by atoms with Crippen LogP contribution in [0.2, 0.25) is 0 Å². The molecule has 0 spiro atoms. The number of nitro benzene ring substituents is 1. The van der Waals surface area contributed by atoms with Gasteiger partial charge in [0.2, 0.25) is 0 Å². The van der Waals surface area contributed by atoms with Gasteiger partial charge in [-0.2, -0.15) is 4.98 Å². The van der Waals surface area contributed by atoms with E-state index in [0.717, 1.165) is 0 Å². The Morgan fingerprint density at radius 3 is 2.88 bits per heavy atom. The van der Waals surface area contributed by atoms with Crippen LogP contribution in [0, 0.1) is 17.0 Å². The van der Waals surface area contributed by atoms with Crippen LogP contribution in [0.25, 0.3) is 11.5 Å². The fraction of sp³-hybridized carbons (Fsp3) is 0.200. The van der Waals surface area contributed by atoms with E-state index in [1.54, 1.807) is 19.1 Å². The molecule has 7 nitrogen and oxygen atoms in total. The first-order chi connectivity index (χ1) is 8.13. The first-order valence-corrected chi connectivity index (χ1v) is 4.90. The van der Waals surface area contributed by atoms with Crippen molar-refractivity contribution in [2.24, 2.45) is 5.73 Å². The van der Waals surface area contributed by atoms with E-state index in [1.807, 2.05) is 0 Å². The van der Waals surface area contributed by atoms with Crippen molar-refractivity contribution in [2.75, 3.05) is 0 Å². The predicted octanol–water partition coefficient (Wildman–Crippen LogP) is 1.41. The normalized spacial score (nSPS) is 10.5. The van der Waals surface area contributed by atoms with Crippen LogP contribution in [-0.4, -0.2) is 15.1 Å². The summed E-state index contributed by atoms with van der Waals surface area (Å²) in [6.45, 7) is 1.80. The Hall–Kier alpha value is -2.28. The highest BCUT2D eigenvalue weighted by atomic mass is 16.6. The number of hydrogen-bond donors (Lipinski definition) is 1. The van der Waals surface area contributed by atoms with Gasteiger partial charge in [0.05, 0.1) is 11.5 Å². The van der Waals surface area contributed by atoms with E-state index in [9.17, 15) is 10.1 Å². The third kappa shape index (κ3) is 2.00. The number of nitrogens with zero attached hydrogens (tertiary/aromatic N) is 3. The van der Waals surface area contributed by atoms with Crippen molar-refractivity contribution < 1.29 is 9.45 Å². The molecule has 17 heavy (non-hydrogen) atoms. The largest absolute Gasteiger partial charge is 0.334 e. The summed E-state index contributed by atoms with van der Waals surface area (Å²) in [4.78, 5) is 14.4. The molecule has 88 valence electrons. The summed E-state index contributed by atoms with van der Waals surface area (Å²) < 4.78 is 4.99. The van der Waals surface area contributed by atoms with Crippen LogP contribution in [0.1, 0.15) is 11.4 Å². The van der Waals surface area contributed by atoms with Gasteiger partial charge in [0.1, 0.15) is 0 Å². The van der Waals surface area contributed by atoms with Crippen molar-refractivity contribution in [1.29, 1.82) is 0 Å². The maximum Gasteiger partial charge on any atom is 0.273 e.